The molecule has 0 aliphatic heterocycles. The average molecular weight is 224 g/mol. The minimum atomic E-state index is 0.834. The van der Waals surface area contributed by atoms with Crippen LogP contribution < -0.4 is 4.84 Å². The molecule has 84 valence electrons. The van der Waals surface area contributed by atoms with E-state index in [1.54, 1.807) is 24.1 Å². The largest absolute Gasteiger partial charge is 0.416 e. The Bertz CT molecular complexity index is 713. The van der Waals surface area contributed by atoms with Crippen LogP contribution in [0.4, 0.5) is 0 Å². The molecule has 0 N–H and O–H groups in total. The molecule has 0 aliphatic rings. The Labute approximate surface area is 98.9 Å². The van der Waals surface area contributed by atoms with Crippen LogP contribution in [0.1, 0.15) is 5.69 Å². The van der Waals surface area contributed by atoms with Gasteiger partial charge in [-0.1, -0.05) is 24.8 Å². The highest BCUT2D eigenvalue weighted by Gasteiger charge is 2.13. The lowest BCUT2D eigenvalue weighted by Crippen LogP contribution is -2.05. The van der Waals surface area contributed by atoms with Gasteiger partial charge in [0.05, 0.1) is 11.2 Å². The van der Waals surface area contributed by atoms with E-state index in [2.05, 4.69) is 17.6 Å². The minimum Gasteiger partial charge on any atom is -0.416 e. The second-order valence-electron chi connectivity index (χ2n) is 3.79. The molecule has 2 aromatic heterocycles. The van der Waals surface area contributed by atoms with Crippen molar-refractivity contribution in [3.63, 3.8) is 0 Å². The van der Waals surface area contributed by atoms with Crippen LogP contribution in [-0.2, 0) is 0 Å². The van der Waals surface area contributed by atoms with E-state index in [0.29, 0.717) is 0 Å². The summed E-state index contributed by atoms with van der Waals surface area (Å²) in [6, 6.07) is 10.1. The molecule has 0 atom stereocenters. The van der Waals surface area contributed by atoms with Crippen LogP contribution in [0.15, 0.2) is 43.1 Å². The first kappa shape index (κ1) is 9.90. The molecule has 0 spiro atoms. The van der Waals surface area contributed by atoms with Crippen LogP contribution in [0, 0.1) is 0 Å². The zero-order chi connectivity index (χ0) is 11.8. The molecule has 0 unspecified atom stereocenters. The number of benzene rings is 1. The van der Waals surface area contributed by atoms with Crippen molar-refractivity contribution in [2.45, 2.75) is 0 Å². The summed E-state index contributed by atoms with van der Waals surface area (Å²) in [5.41, 5.74) is 2.84. The summed E-state index contributed by atoms with van der Waals surface area (Å²) in [7, 11) is 1.66. The van der Waals surface area contributed by atoms with E-state index >= 15 is 0 Å². The van der Waals surface area contributed by atoms with E-state index in [0.717, 1.165) is 27.5 Å². The van der Waals surface area contributed by atoms with E-state index in [4.69, 9.17) is 4.84 Å². The quantitative estimate of drug-likeness (QED) is 0.669. The van der Waals surface area contributed by atoms with Crippen LogP contribution >= 0.6 is 0 Å². The van der Waals surface area contributed by atoms with Crippen molar-refractivity contribution < 1.29 is 4.84 Å². The van der Waals surface area contributed by atoms with Crippen LogP contribution in [0.25, 0.3) is 27.9 Å². The van der Waals surface area contributed by atoms with E-state index < -0.39 is 0 Å². The van der Waals surface area contributed by atoms with Crippen LogP contribution in [0.3, 0.4) is 0 Å². The van der Waals surface area contributed by atoms with Gasteiger partial charge in [-0.2, -0.15) is 4.73 Å². The normalized spacial score (nSPS) is 10.9. The standard InChI is InChI=1S/C14H12N2O/c1-3-12-14-11(8-9-15-12)10-6-4-5-7-13(10)16(14)17-2/h3-9H,1H2,2H3. The zero-order valence-electron chi connectivity index (χ0n) is 9.55. The fourth-order valence-corrected chi connectivity index (χ4v) is 2.24. The number of aromatic nitrogens is 2. The first-order valence-electron chi connectivity index (χ1n) is 5.42. The van der Waals surface area contributed by atoms with E-state index in [1.165, 1.54) is 0 Å². The molecular weight excluding hydrogens is 212 g/mol. The Balaban J connectivity index is 2.63. The summed E-state index contributed by atoms with van der Waals surface area (Å²) in [6.07, 6.45) is 3.54. The van der Waals surface area contributed by atoms with Crippen molar-refractivity contribution >= 4 is 27.9 Å². The monoisotopic (exact) mass is 224 g/mol. The van der Waals surface area contributed by atoms with Gasteiger partial charge < -0.3 is 4.84 Å². The Morgan fingerprint density at radius 2 is 2.06 bits per heavy atom. The van der Waals surface area contributed by atoms with Gasteiger partial charge in [0.1, 0.15) is 12.6 Å². The predicted octanol–water partition coefficient (Wildman–Crippen LogP) is 2.89. The molecule has 0 amide bonds. The summed E-state index contributed by atoms with van der Waals surface area (Å²) in [4.78, 5) is 9.76. The Morgan fingerprint density at radius 3 is 2.82 bits per heavy atom. The number of hydrogen-bond donors (Lipinski definition) is 0. The SMILES string of the molecule is C=Cc1nccc2c3ccccc3n(OC)c12. The van der Waals surface area contributed by atoms with E-state index in [1.807, 2.05) is 24.3 Å². The van der Waals surface area contributed by atoms with Gasteiger partial charge in [-0.3, -0.25) is 4.98 Å². The fourth-order valence-electron chi connectivity index (χ4n) is 2.24. The molecule has 3 aromatic rings. The Morgan fingerprint density at radius 1 is 1.24 bits per heavy atom. The third-order valence-electron chi connectivity index (χ3n) is 2.94. The molecule has 3 heteroatoms. The summed E-state index contributed by atoms with van der Waals surface area (Å²) in [6.45, 7) is 3.80. The molecule has 0 fully saturated rings. The van der Waals surface area contributed by atoms with Gasteiger partial charge >= 0.3 is 0 Å². The maximum absolute atomic E-state index is 5.45. The van der Waals surface area contributed by atoms with Crippen molar-refractivity contribution in [2.24, 2.45) is 0 Å². The lowest BCUT2D eigenvalue weighted by Gasteiger charge is -2.05. The summed E-state index contributed by atoms with van der Waals surface area (Å²) >= 11 is 0. The first-order chi connectivity index (χ1) is 8.36. The number of nitrogens with zero attached hydrogens (tertiary/aromatic N) is 2. The van der Waals surface area contributed by atoms with E-state index in [9.17, 15) is 0 Å². The molecule has 0 bridgehead atoms. The van der Waals surface area contributed by atoms with Crippen molar-refractivity contribution in [1.29, 1.82) is 0 Å². The summed E-state index contributed by atoms with van der Waals surface area (Å²) in [5.74, 6) is 0. The van der Waals surface area contributed by atoms with Gasteiger partial charge in [0.2, 0.25) is 0 Å². The second-order valence-corrected chi connectivity index (χ2v) is 3.79. The van der Waals surface area contributed by atoms with E-state index in [-0.39, 0.29) is 0 Å². The van der Waals surface area contributed by atoms with Gasteiger partial charge in [0.15, 0.2) is 0 Å². The van der Waals surface area contributed by atoms with Crippen molar-refractivity contribution in [3.05, 3.63) is 48.8 Å². The lowest BCUT2D eigenvalue weighted by molar-refractivity contribution is 0.190. The zero-order valence-corrected chi connectivity index (χ0v) is 9.55. The molecule has 1 aromatic carbocycles. The Hall–Kier alpha value is -2.29. The molecule has 0 aliphatic carbocycles. The third-order valence-corrected chi connectivity index (χ3v) is 2.94. The van der Waals surface area contributed by atoms with Gasteiger partial charge in [0.25, 0.3) is 0 Å². The predicted molar refractivity (Wildman–Crippen MR) is 69.8 cm³/mol. The maximum Gasteiger partial charge on any atom is 0.114 e. The number of rotatable bonds is 2. The van der Waals surface area contributed by atoms with Crippen molar-refractivity contribution in [1.82, 2.24) is 9.71 Å². The average Bonchev–Trinajstić information content (AvgIpc) is 2.72. The van der Waals surface area contributed by atoms with Gasteiger partial charge in [0, 0.05) is 17.0 Å². The van der Waals surface area contributed by atoms with Gasteiger partial charge in [-0.25, -0.2) is 0 Å². The second kappa shape index (κ2) is 3.63. The Kier molecular flexibility index (Phi) is 2.11. The smallest absolute Gasteiger partial charge is 0.114 e. The topological polar surface area (TPSA) is 27.1 Å². The molecule has 3 rings (SSSR count). The molecular formula is C14H12N2O. The fraction of sp³-hybridized carbons (Fsp3) is 0.0714. The minimum absolute atomic E-state index is 0.834. The molecule has 0 saturated carbocycles. The molecule has 2 heterocycles. The highest BCUT2D eigenvalue weighted by molar-refractivity contribution is 6.09. The lowest BCUT2D eigenvalue weighted by atomic mass is 10.1. The van der Waals surface area contributed by atoms with Gasteiger partial charge in [-0.05, 0) is 18.2 Å². The van der Waals surface area contributed by atoms with Crippen molar-refractivity contribution in [2.75, 3.05) is 7.11 Å². The summed E-state index contributed by atoms with van der Waals surface area (Å²) in [5, 5.41) is 2.29. The first-order valence-corrected chi connectivity index (χ1v) is 5.42. The molecule has 17 heavy (non-hydrogen) atoms. The third kappa shape index (κ3) is 1.25. The van der Waals surface area contributed by atoms with Crippen LogP contribution in [0.5, 0.6) is 0 Å². The van der Waals surface area contributed by atoms with Crippen LogP contribution in [0.2, 0.25) is 0 Å². The number of para-hydroxylation sites is 1. The van der Waals surface area contributed by atoms with Crippen LogP contribution in [-0.4, -0.2) is 16.8 Å². The number of pyridine rings is 1. The maximum atomic E-state index is 5.45. The molecule has 0 radical (unpaired) electrons. The van der Waals surface area contributed by atoms with Crippen molar-refractivity contribution in [3.8, 4) is 0 Å². The van der Waals surface area contributed by atoms with Gasteiger partial charge in [-0.15, -0.1) is 0 Å². The highest BCUT2D eigenvalue weighted by Crippen LogP contribution is 2.29. The molecule has 3 nitrogen and oxygen atoms in total. The number of fused-ring (bicyclic) bond motifs is 3. The molecule has 0 saturated heterocycles. The number of hydrogen-bond acceptors (Lipinski definition) is 2. The summed E-state index contributed by atoms with van der Waals surface area (Å²) < 4.78 is 1.80. The highest BCUT2D eigenvalue weighted by atomic mass is 16.6.